The first kappa shape index (κ1) is 25.6. The fourth-order valence-corrected chi connectivity index (χ4v) is 4.03. The molecule has 0 unspecified atom stereocenters. The molecule has 0 saturated carbocycles. The molecule has 1 amide bonds. The molecule has 6 heteroatoms. The van der Waals surface area contributed by atoms with Crippen molar-refractivity contribution in [2.75, 3.05) is 5.32 Å². The predicted molar refractivity (Wildman–Crippen MR) is 135 cm³/mol. The number of carbonyl (C=O) groups excluding carboxylic acids is 2. The van der Waals surface area contributed by atoms with E-state index in [1.165, 1.54) is 11.3 Å². The maximum Gasteiger partial charge on any atom is 0.342 e. The van der Waals surface area contributed by atoms with Crippen LogP contribution in [0.25, 0.3) is 10.4 Å². The number of ether oxygens (including phenoxy) is 1. The van der Waals surface area contributed by atoms with E-state index < -0.39 is 11.6 Å². The van der Waals surface area contributed by atoms with Gasteiger partial charge < -0.3 is 10.1 Å². The van der Waals surface area contributed by atoms with E-state index in [0.29, 0.717) is 29.1 Å². The summed E-state index contributed by atoms with van der Waals surface area (Å²) in [6, 6.07) is 17.1. The van der Waals surface area contributed by atoms with Gasteiger partial charge in [-0.2, -0.15) is 0 Å². The van der Waals surface area contributed by atoms with Gasteiger partial charge in [-0.1, -0.05) is 67.9 Å². The first-order valence-electron chi connectivity index (χ1n) is 10.7. The number of nitrogens with one attached hydrogen (secondary N) is 1. The zero-order valence-corrected chi connectivity index (χ0v) is 20.8. The first-order valence-corrected chi connectivity index (χ1v) is 11.9. The molecular formula is C26H30ClNO3S. The summed E-state index contributed by atoms with van der Waals surface area (Å²) in [7, 11) is 0. The summed E-state index contributed by atoms with van der Waals surface area (Å²) in [5, 5.41) is 5.29. The molecule has 32 heavy (non-hydrogen) atoms. The fraction of sp³-hybridized carbons (Fsp3) is 0.308. The van der Waals surface area contributed by atoms with E-state index in [1.807, 2.05) is 77.1 Å². The second-order valence-electron chi connectivity index (χ2n) is 7.90. The summed E-state index contributed by atoms with van der Waals surface area (Å²) in [4.78, 5) is 26.3. The molecule has 3 rings (SSSR count). The number of amides is 1. The van der Waals surface area contributed by atoms with Crippen LogP contribution >= 0.6 is 22.9 Å². The highest BCUT2D eigenvalue weighted by Crippen LogP contribution is 2.37. The molecule has 1 N–H and O–H groups in total. The molecule has 2 aromatic carbocycles. The average molecular weight is 472 g/mol. The quantitative estimate of drug-likeness (QED) is 0.376. The lowest BCUT2D eigenvalue weighted by atomic mass is 10.1. The van der Waals surface area contributed by atoms with Gasteiger partial charge in [-0.05, 0) is 50.5 Å². The number of carbonyl (C=O) groups is 2. The minimum atomic E-state index is -0.648. The van der Waals surface area contributed by atoms with Crippen molar-refractivity contribution in [3.8, 4) is 10.4 Å². The van der Waals surface area contributed by atoms with E-state index in [1.54, 1.807) is 17.5 Å². The van der Waals surface area contributed by atoms with E-state index >= 15 is 0 Å². The Morgan fingerprint density at radius 1 is 1.00 bits per heavy atom. The third-order valence-electron chi connectivity index (χ3n) is 4.26. The van der Waals surface area contributed by atoms with Gasteiger partial charge in [-0.15, -0.1) is 11.3 Å². The maximum absolute atomic E-state index is 13.0. The molecule has 0 aliphatic rings. The number of thiophene rings is 1. The average Bonchev–Trinajstić information content (AvgIpc) is 3.17. The molecule has 170 valence electrons. The van der Waals surface area contributed by atoms with E-state index in [9.17, 15) is 9.59 Å². The van der Waals surface area contributed by atoms with E-state index in [0.717, 1.165) is 16.0 Å². The molecule has 0 saturated heterocycles. The number of rotatable bonds is 6. The molecule has 0 atom stereocenters. The van der Waals surface area contributed by atoms with Crippen molar-refractivity contribution in [2.45, 2.75) is 53.1 Å². The Bertz CT molecular complexity index is 1020. The maximum atomic E-state index is 13.0. The van der Waals surface area contributed by atoms with Gasteiger partial charge in [0.05, 0.1) is 10.6 Å². The molecule has 0 spiro atoms. The van der Waals surface area contributed by atoms with Crippen molar-refractivity contribution < 1.29 is 14.3 Å². The lowest BCUT2D eigenvalue weighted by Gasteiger charge is -2.20. The van der Waals surface area contributed by atoms with Crippen molar-refractivity contribution >= 4 is 40.5 Å². The van der Waals surface area contributed by atoms with Gasteiger partial charge in [-0.3, -0.25) is 4.79 Å². The molecule has 4 nitrogen and oxygen atoms in total. The Labute approximate surface area is 199 Å². The SMILES string of the molecule is CC.CC(C)(C)OC(=O)c1c(NC(=O)CCc2ccccc2)csc1-c1ccc(Cl)cc1. The van der Waals surface area contributed by atoms with Crippen LogP contribution in [0.1, 0.15) is 57.0 Å². The van der Waals surface area contributed by atoms with Crippen molar-refractivity contribution in [3.05, 3.63) is 76.1 Å². The van der Waals surface area contributed by atoms with Gasteiger partial charge in [0.25, 0.3) is 0 Å². The highest BCUT2D eigenvalue weighted by atomic mass is 35.5. The Morgan fingerprint density at radius 2 is 1.62 bits per heavy atom. The van der Waals surface area contributed by atoms with Crippen molar-refractivity contribution in [1.29, 1.82) is 0 Å². The number of hydrogen-bond donors (Lipinski definition) is 1. The zero-order chi connectivity index (χ0) is 23.7. The van der Waals surface area contributed by atoms with Crippen LogP contribution in [0.4, 0.5) is 5.69 Å². The second-order valence-corrected chi connectivity index (χ2v) is 9.21. The van der Waals surface area contributed by atoms with Crippen molar-refractivity contribution in [1.82, 2.24) is 0 Å². The number of esters is 1. The smallest absolute Gasteiger partial charge is 0.342 e. The van der Waals surface area contributed by atoms with Gasteiger partial charge in [0, 0.05) is 16.8 Å². The van der Waals surface area contributed by atoms with Crippen LogP contribution in [0.2, 0.25) is 5.02 Å². The van der Waals surface area contributed by atoms with Crippen LogP contribution in [-0.4, -0.2) is 17.5 Å². The number of aryl methyl sites for hydroxylation is 1. The van der Waals surface area contributed by atoms with Gasteiger partial charge >= 0.3 is 5.97 Å². The first-order chi connectivity index (χ1) is 15.2. The normalized spacial score (nSPS) is 10.7. The van der Waals surface area contributed by atoms with Crippen LogP contribution < -0.4 is 5.32 Å². The van der Waals surface area contributed by atoms with E-state index in [2.05, 4.69) is 5.32 Å². The summed E-state index contributed by atoms with van der Waals surface area (Å²) in [6.45, 7) is 9.45. The lowest BCUT2D eigenvalue weighted by Crippen LogP contribution is -2.25. The largest absolute Gasteiger partial charge is 0.456 e. The van der Waals surface area contributed by atoms with Crippen LogP contribution in [-0.2, 0) is 16.0 Å². The summed E-state index contributed by atoms with van der Waals surface area (Å²) < 4.78 is 5.61. The van der Waals surface area contributed by atoms with Gasteiger partial charge in [0.2, 0.25) is 5.91 Å². The summed E-state index contributed by atoms with van der Waals surface area (Å²) in [5.74, 6) is -0.615. The topological polar surface area (TPSA) is 55.4 Å². The minimum Gasteiger partial charge on any atom is -0.456 e. The summed E-state index contributed by atoms with van der Waals surface area (Å²) in [6.07, 6.45) is 0.951. The Hall–Kier alpha value is -2.63. The summed E-state index contributed by atoms with van der Waals surface area (Å²) in [5.41, 5.74) is 2.12. The van der Waals surface area contributed by atoms with Gasteiger partial charge in [0.1, 0.15) is 11.2 Å². The standard InChI is InChI=1S/C24H24ClNO3S.C2H6/c1-24(2,3)29-23(28)21-19(15-30-22(21)17-10-12-18(25)13-11-17)26-20(27)14-9-16-7-5-4-6-8-16;1-2/h4-8,10-13,15H,9,14H2,1-3H3,(H,26,27);1-2H3. The molecule has 0 aliphatic heterocycles. The molecule has 0 bridgehead atoms. The van der Waals surface area contributed by atoms with Gasteiger partial charge in [-0.25, -0.2) is 4.79 Å². The number of benzene rings is 2. The Balaban J connectivity index is 0.00000176. The Morgan fingerprint density at radius 3 is 2.22 bits per heavy atom. The highest BCUT2D eigenvalue weighted by Gasteiger charge is 2.26. The van der Waals surface area contributed by atoms with Crippen LogP contribution in [0.15, 0.2) is 60.0 Å². The number of anilines is 1. The fourth-order valence-electron chi connectivity index (χ4n) is 2.91. The molecule has 0 radical (unpaired) electrons. The van der Waals surface area contributed by atoms with Crippen LogP contribution in [0.3, 0.4) is 0 Å². The van der Waals surface area contributed by atoms with Gasteiger partial charge in [0.15, 0.2) is 0 Å². The molecular weight excluding hydrogens is 442 g/mol. The van der Waals surface area contributed by atoms with Crippen molar-refractivity contribution in [2.24, 2.45) is 0 Å². The van der Waals surface area contributed by atoms with Crippen LogP contribution in [0, 0.1) is 0 Å². The monoisotopic (exact) mass is 471 g/mol. The molecule has 1 heterocycles. The molecule has 3 aromatic rings. The minimum absolute atomic E-state index is 0.149. The molecule has 0 aliphatic carbocycles. The molecule has 0 fully saturated rings. The van der Waals surface area contributed by atoms with E-state index in [4.69, 9.17) is 16.3 Å². The van der Waals surface area contributed by atoms with Crippen LogP contribution in [0.5, 0.6) is 0 Å². The highest BCUT2D eigenvalue weighted by molar-refractivity contribution is 7.14. The number of hydrogen-bond acceptors (Lipinski definition) is 4. The van der Waals surface area contributed by atoms with Crippen molar-refractivity contribution in [3.63, 3.8) is 0 Å². The number of halogens is 1. The predicted octanol–water partition coefficient (Wildman–Crippen LogP) is 7.62. The Kier molecular flexibility index (Phi) is 9.48. The molecule has 1 aromatic heterocycles. The second kappa shape index (κ2) is 11.8. The lowest BCUT2D eigenvalue weighted by molar-refractivity contribution is -0.116. The third-order valence-corrected chi connectivity index (χ3v) is 5.54. The van der Waals surface area contributed by atoms with E-state index in [-0.39, 0.29) is 5.91 Å². The zero-order valence-electron chi connectivity index (χ0n) is 19.2. The summed E-state index contributed by atoms with van der Waals surface area (Å²) >= 11 is 7.39. The third kappa shape index (κ3) is 7.50.